The summed E-state index contributed by atoms with van der Waals surface area (Å²) in [4.78, 5) is 0. The molecule has 0 saturated heterocycles. The van der Waals surface area contributed by atoms with Crippen molar-refractivity contribution in [2.45, 2.75) is 42.9 Å². The molecule has 0 radical (unpaired) electrons. The molecule has 0 spiro atoms. The molecular weight excluding hydrogens is 319 g/mol. The third-order valence-corrected chi connectivity index (χ3v) is 4.85. The molecule has 1 heterocycles. The van der Waals surface area contributed by atoms with Crippen LogP contribution in [0.4, 0.5) is 4.39 Å². The molecule has 0 atom stereocenters. The number of nitrogen functional groups attached to an aromatic ring is 1. The van der Waals surface area contributed by atoms with Crippen molar-refractivity contribution in [2.75, 3.05) is 12.4 Å². The van der Waals surface area contributed by atoms with Gasteiger partial charge in [0.25, 0.3) is 0 Å². The van der Waals surface area contributed by atoms with Crippen LogP contribution in [0, 0.1) is 5.82 Å². The largest absolute Gasteiger partial charge is 0.486 e. The molecule has 0 unspecified atom stereocenters. The molecule has 2 aromatic rings. The van der Waals surface area contributed by atoms with Gasteiger partial charge in [0.15, 0.2) is 5.82 Å². The quantitative estimate of drug-likeness (QED) is 0.781. The molecule has 0 amide bonds. The number of thioether (sulfide) groups is 1. The van der Waals surface area contributed by atoms with Crippen LogP contribution in [0.5, 0.6) is 5.75 Å². The van der Waals surface area contributed by atoms with Gasteiger partial charge in [-0.2, -0.15) is 0 Å². The van der Waals surface area contributed by atoms with Crippen molar-refractivity contribution in [2.24, 2.45) is 0 Å². The van der Waals surface area contributed by atoms with E-state index in [0.717, 1.165) is 19.4 Å². The van der Waals surface area contributed by atoms with Crippen molar-refractivity contribution in [1.82, 2.24) is 14.9 Å². The highest BCUT2D eigenvalue weighted by molar-refractivity contribution is 7.99. The fourth-order valence-electron chi connectivity index (χ4n) is 2.30. The fraction of sp³-hybridized carbons (Fsp3) is 0.467. The Balaban J connectivity index is 1.52. The molecule has 2 N–H and O–H groups in total. The number of hydrogen-bond donors (Lipinski definition) is 1. The number of rotatable bonds is 7. The van der Waals surface area contributed by atoms with Crippen LogP contribution >= 0.6 is 11.8 Å². The molecule has 1 aromatic carbocycles. The molecule has 1 saturated carbocycles. The van der Waals surface area contributed by atoms with Crippen LogP contribution in [0.25, 0.3) is 0 Å². The number of nitrogens with zero attached hydrogens (tertiary/aromatic N) is 3. The Morgan fingerprint density at radius 1 is 1.30 bits per heavy atom. The van der Waals surface area contributed by atoms with Gasteiger partial charge in [-0.15, -0.1) is 10.2 Å². The molecule has 0 aliphatic heterocycles. The average Bonchev–Trinajstić information content (AvgIpc) is 2.85. The van der Waals surface area contributed by atoms with Crippen LogP contribution < -0.4 is 10.6 Å². The Hall–Kier alpha value is -1.80. The Kier molecular flexibility index (Phi) is 5.02. The van der Waals surface area contributed by atoms with Crippen LogP contribution in [-0.2, 0) is 11.3 Å². The third-order valence-electron chi connectivity index (χ3n) is 3.64. The predicted molar refractivity (Wildman–Crippen MR) is 85.2 cm³/mol. The van der Waals surface area contributed by atoms with Gasteiger partial charge in [0, 0.05) is 11.9 Å². The first-order valence-corrected chi connectivity index (χ1v) is 8.39. The maximum atomic E-state index is 12.8. The molecule has 8 heteroatoms. The Labute approximate surface area is 138 Å². The summed E-state index contributed by atoms with van der Waals surface area (Å²) in [5.41, 5.74) is 0. The van der Waals surface area contributed by atoms with Gasteiger partial charge in [0.2, 0.25) is 5.16 Å². The van der Waals surface area contributed by atoms with E-state index in [9.17, 15) is 4.39 Å². The van der Waals surface area contributed by atoms with Crippen LogP contribution in [0.1, 0.15) is 25.6 Å². The predicted octanol–water partition coefficient (Wildman–Crippen LogP) is 2.37. The van der Waals surface area contributed by atoms with Gasteiger partial charge in [-0.25, -0.2) is 9.07 Å². The monoisotopic (exact) mass is 338 g/mol. The summed E-state index contributed by atoms with van der Waals surface area (Å²) >= 11 is 1.61. The van der Waals surface area contributed by atoms with Gasteiger partial charge in [-0.3, -0.25) is 0 Å². The number of aromatic nitrogens is 3. The maximum absolute atomic E-state index is 12.8. The average molecular weight is 338 g/mol. The minimum Gasteiger partial charge on any atom is -0.486 e. The van der Waals surface area contributed by atoms with E-state index in [-0.39, 0.29) is 12.4 Å². The van der Waals surface area contributed by atoms with Crippen molar-refractivity contribution in [1.29, 1.82) is 0 Å². The van der Waals surface area contributed by atoms with Crippen molar-refractivity contribution in [3.8, 4) is 5.75 Å². The molecule has 6 nitrogen and oxygen atoms in total. The summed E-state index contributed by atoms with van der Waals surface area (Å²) in [5.74, 6) is 6.79. The van der Waals surface area contributed by atoms with Gasteiger partial charge in [-0.1, -0.05) is 11.8 Å². The number of benzene rings is 1. The smallest absolute Gasteiger partial charge is 0.210 e. The second-order valence-corrected chi connectivity index (χ2v) is 6.57. The van der Waals surface area contributed by atoms with Crippen molar-refractivity contribution >= 4 is 11.8 Å². The van der Waals surface area contributed by atoms with E-state index in [1.54, 1.807) is 23.9 Å². The lowest BCUT2D eigenvalue weighted by molar-refractivity contribution is 0.0138. The van der Waals surface area contributed by atoms with Crippen LogP contribution in [0.3, 0.4) is 0 Å². The molecule has 1 fully saturated rings. The third kappa shape index (κ3) is 3.94. The lowest BCUT2D eigenvalue weighted by atomic mass is 9.95. The van der Waals surface area contributed by atoms with Crippen LogP contribution in [0.15, 0.2) is 29.4 Å². The zero-order valence-corrected chi connectivity index (χ0v) is 13.6. The normalized spacial score (nSPS) is 20.3. The summed E-state index contributed by atoms with van der Waals surface area (Å²) in [6.07, 6.45) is 2.37. The van der Waals surface area contributed by atoms with E-state index in [1.807, 2.05) is 6.92 Å². The highest BCUT2D eigenvalue weighted by Gasteiger charge is 2.31. The molecule has 1 aliphatic carbocycles. The summed E-state index contributed by atoms with van der Waals surface area (Å²) in [7, 11) is 0. The van der Waals surface area contributed by atoms with Crippen LogP contribution in [-0.4, -0.2) is 32.8 Å². The standard InChI is InChI=1S/C15H19FN4O2S/c1-2-21-12-7-13(8-12)23-15-19-18-14(20(15)17)9-22-11-5-3-10(16)4-6-11/h3-6,12-13H,2,7-9,17H2,1H3. The van der Waals surface area contributed by atoms with E-state index in [0.29, 0.717) is 28.1 Å². The van der Waals surface area contributed by atoms with Gasteiger partial charge < -0.3 is 15.3 Å². The first-order valence-electron chi connectivity index (χ1n) is 7.51. The Morgan fingerprint density at radius 2 is 2.04 bits per heavy atom. The fourth-order valence-corrected chi connectivity index (χ4v) is 3.53. The second kappa shape index (κ2) is 7.18. The zero-order valence-electron chi connectivity index (χ0n) is 12.8. The highest BCUT2D eigenvalue weighted by Crippen LogP contribution is 2.37. The first kappa shape index (κ1) is 16.1. The van der Waals surface area contributed by atoms with E-state index in [1.165, 1.54) is 16.8 Å². The van der Waals surface area contributed by atoms with E-state index < -0.39 is 0 Å². The summed E-state index contributed by atoms with van der Waals surface area (Å²) in [6, 6.07) is 5.80. The molecule has 3 rings (SSSR count). The summed E-state index contributed by atoms with van der Waals surface area (Å²) in [5, 5.41) is 9.29. The van der Waals surface area contributed by atoms with E-state index in [2.05, 4.69) is 10.2 Å². The number of hydrogen-bond acceptors (Lipinski definition) is 6. The number of ether oxygens (including phenoxy) is 2. The highest BCUT2D eigenvalue weighted by atomic mass is 32.2. The van der Waals surface area contributed by atoms with E-state index in [4.69, 9.17) is 15.3 Å². The molecular formula is C15H19FN4O2S. The minimum absolute atomic E-state index is 0.182. The first-order chi connectivity index (χ1) is 11.2. The van der Waals surface area contributed by atoms with Gasteiger partial charge >= 0.3 is 0 Å². The Morgan fingerprint density at radius 3 is 2.74 bits per heavy atom. The molecule has 1 aromatic heterocycles. The molecule has 23 heavy (non-hydrogen) atoms. The van der Waals surface area contributed by atoms with Crippen molar-refractivity contribution in [3.05, 3.63) is 35.9 Å². The SMILES string of the molecule is CCOC1CC(Sc2nnc(COc3ccc(F)cc3)n2N)C1. The van der Waals surface area contributed by atoms with Crippen molar-refractivity contribution < 1.29 is 13.9 Å². The number of nitrogens with two attached hydrogens (primary N) is 1. The second-order valence-electron chi connectivity index (χ2n) is 5.30. The molecule has 1 aliphatic rings. The summed E-state index contributed by atoms with van der Waals surface area (Å²) < 4.78 is 25.4. The van der Waals surface area contributed by atoms with E-state index >= 15 is 0 Å². The van der Waals surface area contributed by atoms with Gasteiger partial charge in [-0.05, 0) is 44.0 Å². The molecule has 124 valence electrons. The summed E-state index contributed by atoms with van der Waals surface area (Å²) in [6.45, 7) is 2.94. The molecule has 0 bridgehead atoms. The van der Waals surface area contributed by atoms with Crippen LogP contribution in [0.2, 0.25) is 0 Å². The lowest BCUT2D eigenvalue weighted by Crippen LogP contribution is -2.33. The topological polar surface area (TPSA) is 75.2 Å². The van der Waals surface area contributed by atoms with Crippen molar-refractivity contribution in [3.63, 3.8) is 0 Å². The zero-order chi connectivity index (χ0) is 16.2. The minimum atomic E-state index is -0.302. The lowest BCUT2D eigenvalue weighted by Gasteiger charge is -2.33. The maximum Gasteiger partial charge on any atom is 0.210 e. The number of halogens is 1. The van der Waals surface area contributed by atoms with Gasteiger partial charge in [0.05, 0.1) is 6.10 Å². The van der Waals surface area contributed by atoms with Gasteiger partial charge in [0.1, 0.15) is 18.2 Å². The Bertz CT molecular complexity index is 643.